The Hall–Kier alpha value is -2.82. The van der Waals surface area contributed by atoms with Crippen molar-refractivity contribution in [3.8, 4) is 5.75 Å². The van der Waals surface area contributed by atoms with Gasteiger partial charge in [-0.2, -0.15) is 0 Å². The number of aryl methyl sites for hydroxylation is 2. The SMILES string of the molecule is COc1cccc(NC(=O)C2(C(=O)Nc3cc(C)cc(C)c3)CC2)c1. The van der Waals surface area contributed by atoms with Gasteiger partial charge in [0.2, 0.25) is 11.8 Å². The van der Waals surface area contributed by atoms with Crippen LogP contribution in [0, 0.1) is 19.3 Å². The van der Waals surface area contributed by atoms with E-state index in [4.69, 9.17) is 4.74 Å². The maximum absolute atomic E-state index is 12.7. The molecule has 1 fully saturated rings. The van der Waals surface area contributed by atoms with Gasteiger partial charge in [-0.3, -0.25) is 9.59 Å². The van der Waals surface area contributed by atoms with Gasteiger partial charge in [0.25, 0.3) is 0 Å². The van der Waals surface area contributed by atoms with Crippen LogP contribution in [0.4, 0.5) is 11.4 Å². The van der Waals surface area contributed by atoms with Gasteiger partial charge < -0.3 is 15.4 Å². The Morgan fingerprint density at radius 3 is 2.08 bits per heavy atom. The van der Waals surface area contributed by atoms with Crippen molar-refractivity contribution in [2.75, 3.05) is 17.7 Å². The molecule has 0 spiro atoms. The van der Waals surface area contributed by atoms with Gasteiger partial charge in [-0.25, -0.2) is 0 Å². The van der Waals surface area contributed by atoms with E-state index in [1.165, 1.54) is 0 Å². The molecule has 0 heterocycles. The first-order chi connectivity index (χ1) is 11.9. The molecule has 1 saturated carbocycles. The molecule has 2 aromatic rings. The molecule has 3 rings (SSSR count). The largest absolute Gasteiger partial charge is 0.497 e. The normalized spacial score (nSPS) is 14.5. The van der Waals surface area contributed by atoms with Crippen molar-refractivity contribution in [3.63, 3.8) is 0 Å². The molecule has 0 aromatic heterocycles. The van der Waals surface area contributed by atoms with Crippen LogP contribution in [0.3, 0.4) is 0 Å². The summed E-state index contributed by atoms with van der Waals surface area (Å²) in [4.78, 5) is 25.3. The maximum atomic E-state index is 12.7. The number of carbonyl (C=O) groups is 2. The van der Waals surface area contributed by atoms with Crippen LogP contribution in [0.1, 0.15) is 24.0 Å². The first-order valence-corrected chi connectivity index (χ1v) is 8.28. The first kappa shape index (κ1) is 17.0. The van der Waals surface area contributed by atoms with Gasteiger partial charge in [0.1, 0.15) is 11.2 Å². The Morgan fingerprint density at radius 2 is 1.52 bits per heavy atom. The molecular formula is C20H22N2O3. The second-order valence-electron chi connectivity index (χ2n) is 6.60. The molecule has 0 aliphatic heterocycles. The summed E-state index contributed by atoms with van der Waals surface area (Å²) in [6.45, 7) is 3.95. The smallest absolute Gasteiger partial charge is 0.240 e. The van der Waals surface area contributed by atoms with Gasteiger partial charge in [-0.15, -0.1) is 0 Å². The highest BCUT2D eigenvalue weighted by Crippen LogP contribution is 2.47. The van der Waals surface area contributed by atoms with Crippen LogP contribution in [0.2, 0.25) is 0 Å². The van der Waals surface area contributed by atoms with Crippen molar-refractivity contribution < 1.29 is 14.3 Å². The van der Waals surface area contributed by atoms with E-state index >= 15 is 0 Å². The molecule has 5 nitrogen and oxygen atoms in total. The Labute approximate surface area is 147 Å². The van der Waals surface area contributed by atoms with Crippen LogP contribution < -0.4 is 15.4 Å². The summed E-state index contributed by atoms with van der Waals surface area (Å²) in [5.41, 5.74) is 2.50. The second kappa shape index (κ2) is 6.59. The third kappa shape index (κ3) is 3.65. The van der Waals surface area contributed by atoms with E-state index < -0.39 is 5.41 Å². The van der Waals surface area contributed by atoms with Crippen molar-refractivity contribution in [3.05, 3.63) is 53.6 Å². The van der Waals surface area contributed by atoms with Gasteiger partial charge in [0.15, 0.2) is 0 Å². The molecule has 1 aliphatic carbocycles. The predicted molar refractivity (Wildman–Crippen MR) is 97.8 cm³/mol. The molecule has 5 heteroatoms. The van der Waals surface area contributed by atoms with E-state index in [9.17, 15) is 9.59 Å². The molecule has 0 atom stereocenters. The number of ether oxygens (including phenoxy) is 1. The minimum Gasteiger partial charge on any atom is -0.497 e. The molecule has 2 N–H and O–H groups in total. The minimum absolute atomic E-state index is 0.252. The zero-order valence-corrected chi connectivity index (χ0v) is 14.7. The minimum atomic E-state index is -0.985. The number of nitrogens with one attached hydrogen (secondary N) is 2. The van der Waals surface area contributed by atoms with Crippen molar-refractivity contribution in [2.45, 2.75) is 26.7 Å². The summed E-state index contributed by atoms with van der Waals surface area (Å²) in [7, 11) is 1.57. The fraction of sp³-hybridized carbons (Fsp3) is 0.300. The lowest BCUT2D eigenvalue weighted by atomic mass is 10.0. The fourth-order valence-electron chi connectivity index (χ4n) is 2.93. The topological polar surface area (TPSA) is 67.4 Å². The Balaban J connectivity index is 1.72. The Morgan fingerprint density at radius 1 is 0.920 bits per heavy atom. The number of rotatable bonds is 5. The fourth-order valence-corrected chi connectivity index (χ4v) is 2.93. The van der Waals surface area contributed by atoms with E-state index in [0.717, 1.165) is 16.8 Å². The van der Waals surface area contributed by atoms with Crippen LogP contribution in [0.5, 0.6) is 5.75 Å². The van der Waals surface area contributed by atoms with Gasteiger partial charge in [-0.05, 0) is 62.1 Å². The van der Waals surface area contributed by atoms with Crippen molar-refractivity contribution in [1.29, 1.82) is 0 Å². The number of hydrogen-bond donors (Lipinski definition) is 2. The second-order valence-corrected chi connectivity index (χ2v) is 6.60. The summed E-state index contributed by atoms with van der Waals surface area (Å²) in [5.74, 6) is 0.128. The van der Waals surface area contributed by atoms with E-state index in [-0.39, 0.29) is 11.8 Å². The summed E-state index contributed by atoms with van der Waals surface area (Å²) >= 11 is 0. The lowest BCUT2D eigenvalue weighted by Gasteiger charge is -2.16. The number of methoxy groups -OCH3 is 1. The quantitative estimate of drug-likeness (QED) is 0.818. The zero-order valence-electron chi connectivity index (χ0n) is 14.7. The standard InChI is InChI=1S/C20H22N2O3/c1-13-9-14(2)11-16(10-13)22-19(24)20(7-8-20)18(23)21-15-5-4-6-17(12-15)25-3/h4-6,9-12H,7-8H2,1-3H3,(H,21,23)(H,22,24). The molecule has 0 radical (unpaired) electrons. The van der Waals surface area contributed by atoms with Crippen LogP contribution in [0.25, 0.3) is 0 Å². The molecular weight excluding hydrogens is 316 g/mol. The van der Waals surface area contributed by atoms with Crippen LogP contribution >= 0.6 is 0 Å². The van der Waals surface area contributed by atoms with E-state index in [2.05, 4.69) is 10.6 Å². The number of amides is 2. The molecule has 25 heavy (non-hydrogen) atoms. The average molecular weight is 338 g/mol. The van der Waals surface area contributed by atoms with Gasteiger partial charge in [0.05, 0.1) is 7.11 Å². The van der Waals surface area contributed by atoms with E-state index in [1.807, 2.05) is 32.0 Å². The zero-order chi connectivity index (χ0) is 18.0. The van der Waals surface area contributed by atoms with Crippen LogP contribution in [-0.2, 0) is 9.59 Å². The monoisotopic (exact) mass is 338 g/mol. The summed E-state index contributed by atoms with van der Waals surface area (Å²) in [5, 5.41) is 5.72. The first-order valence-electron chi connectivity index (χ1n) is 8.28. The lowest BCUT2D eigenvalue weighted by Crippen LogP contribution is -2.35. The lowest BCUT2D eigenvalue weighted by molar-refractivity contribution is -0.131. The molecule has 2 amide bonds. The average Bonchev–Trinajstić information content (AvgIpc) is 3.36. The Bertz CT molecular complexity index is 805. The molecule has 2 aromatic carbocycles. The number of anilines is 2. The molecule has 1 aliphatic rings. The highest BCUT2D eigenvalue weighted by Gasteiger charge is 2.56. The van der Waals surface area contributed by atoms with Gasteiger partial charge >= 0.3 is 0 Å². The van der Waals surface area contributed by atoms with Gasteiger partial charge in [-0.1, -0.05) is 12.1 Å². The van der Waals surface area contributed by atoms with E-state index in [1.54, 1.807) is 31.4 Å². The van der Waals surface area contributed by atoms with Crippen LogP contribution in [-0.4, -0.2) is 18.9 Å². The third-order valence-corrected chi connectivity index (χ3v) is 4.43. The van der Waals surface area contributed by atoms with Crippen molar-refractivity contribution in [2.24, 2.45) is 5.41 Å². The molecule has 0 bridgehead atoms. The number of carbonyl (C=O) groups excluding carboxylic acids is 2. The number of hydrogen-bond acceptors (Lipinski definition) is 3. The summed E-state index contributed by atoms with van der Waals surface area (Å²) in [6, 6.07) is 13.0. The highest BCUT2D eigenvalue weighted by atomic mass is 16.5. The van der Waals surface area contributed by atoms with Crippen molar-refractivity contribution >= 4 is 23.2 Å². The highest BCUT2D eigenvalue weighted by molar-refractivity contribution is 6.16. The molecule has 0 saturated heterocycles. The molecule has 130 valence electrons. The Kier molecular flexibility index (Phi) is 4.49. The molecule has 0 unspecified atom stereocenters. The van der Waals surface area contributed by atoms with Crippen molar-refractivity contribution in [1.82, 2.24) is 0 Å². The van der Waals surface area contributed by atoms with E-state index in [0.29, 0.717) is 24.3 Å². The van der Waals surface area contributed by atoms with Gasteiger partial charge in [0, 0.05) is 17.4 Å². The predicted octanol–water partition coefficient (Wildman–Crippen LogP) is 3.67. The summed E-state index contributed by atoms with van der Waals surface area (Å²) in [6.07, 6.45) is 1.11. The number of benzene rings is 2. The maximum Gasteiger partial charge on any atom is 0.240 e. The third-order valence-electron chi connectivity index (χ3n) is 4.43. The summed E-state index contributed by atoms with van der Waals surface area (Å²) < 4.78 is 5.16. The van der Waals surface area contributed by atoms with Crippen LogP contribution in [0.15, 0.2) is 42.5 Å².